The lowest BCUT2D eigenvalue weighted by Gasteiger charge is -2.30. The summed E-state index contributed by atoms with van der Waals surface area (Å²) in [5.41, 5.74) is 7.94. The van der Waals surface area contributed by atoms with Crippen LogP contribution < -0.4 is 10.6 Å². The molecule has 6 unspecified atom stereocenters. The summed E-state index contributed by atoms with van der Waals surface area (Å²) < 4.78 is 9.60. The van der Waals surface area contributed by atoms with Crippen LogP contribution in [0, 0.1) is 23.7 Å². The summed E-state index contributed by atoms with van der Waals surface area (Å²) in [6.45, 7) is 13.1. The zero-order valence-electron chi connectivity index (χ0n) is 34.6. The normalized spacial score (nSPS) is 20.5. The van der Waals surface area contributed by atoms with Gasteiger partial charge in [-0.25, -0.2) is 14.6 Å². The number of aromatic amines is 2. The Morgan fingerprint density at radius 1 is 0.655 bits per heavy atom. The molecule has 0 bridgehead atoms. The molecule has 4 amide bonds. The Labute approximate surface area is 339 Å². The summed E-state index contributed by atoms with van der Waals surface area (Å²) >= 11 is 0. The number of nitrogens with one attached hydrogen (secondary N) is 4. The first-order chi connectivity index (χ1) is 27.7. The van der Waals surface area contributed by atoms with Gasteiger partial charge in [0.15, 0.2) is 0 Å². The summed E-state index contributed by atoms with van der Waals surface area (Å²) in [7, 11) is 2.60. The van der Waals surface area contributed by atoms with Crippen molar-refractivity contribution in [1.82, 2.24) is 35.4 Å². The van der Waals surface area contributed by atoms with E-state index >= 15 is 0 Å². The third-order valence-electron chi connectivity index (χ3n) is 11.7. The van der Waals surface area contributed by atoms with Gasteiger partial charge in [0, 0.05) is 24.3 Å². The average Bonchev–Trinajstić information content (AvgIpc) is 4.01. The molecule has 0 aliphatic carbocycles. The highest BCUT2D eigenvalue weighted by molar-refractivity contribution is 5.89. The van der Waals surface area contributed by atoms with Gasteiger partial charge in [-0.15, -0.1) is 0 Å². The predicted octanol–water partition coefficient (Wildman–Crippen LogP) is 7.96. The Morgan fingerprint density at radius 2 is 1.14 bits per heavy atom. The molecule has 0 spiro atoms. The minimum absolute atomic E-state index is 0.0977. The van der Waals surface area contributed by atoms with Crippen molar-refractivity contribution in [1.29, 1.82) is 0 Å². The van der Waals surface area contributed by atoms with Crippen LogP contribution in [0.15, 0.2) is 66.7 Å². The van der Waals surface area contributed by atoms with E-state index in [0.717, 1.165) is 68.6 Å². The van der Waals surface area contributed by atoms with E-state index in [1.54, 1.807) is 0 Å². The molecule has 2 fully saturated rings. The lowest BCUT2D eigenvalue weighted by Crippen LogP contribution is -2.51. The van der Waals surface area contributed by atoms with Gasteiger partial charge in [0.25, 0.3) is 0 Å². The summed E-state index contributed by atoms with van der Waals surface area (Å²) in [6, 6.07) is 21.4. The van der Waals surface area contributed by atoms with Gasteiger partial charge >= 0.3 is 12.2 Å². The van der Waals surface area contributed by atoms with Crippen LogP contribution in [0.5, 0.6) is 0 Å². The number of imidazole rings is 1. The number of hydrogen-bond donors (Lipinski definition) is 4. The third-order valence-corrected chi connectivity index (χ3v) is 11.7. The largest absolute Gasteiger partial charge is 0.453 e. The number of ether oxygens (including phenoxy) is 2. The van der Waals surface area contributed by atoms with Gasteiger partial charge < -0.3 is 39.9 Å². The second kappa shape index (κ2) is 16.6. The maximum absolute atomic E-state index is 13.8. The van der Waals surface area contributed by atoms with Crippen molar-refractivity contribution in [3.8, 4) is 22.3 Å². The molecule has 3 aromatic carbocycles. The Bertz CT molecular complexity index is 2150. The number of H-pyrrole nitrogens is 2. The Balaban J connectivity index is 1.08. The van der Waals surface area contributed by atoms with E-state index in [1.807, 2.05) is 43.6 Å². The number of rotatable bonds is 10. The molecule has 13 heteroatoms. The van der Waals surface area contributed by atoms with Crippen molar-refractivity contribution < 1.29 is 28.7 Å². The van der Waals surface area contributed by atoms with E-state index in [-0.39, 0.29) is 41.7 Å². The summed E-state index contributed by atoms with van der Waals surface area (Å²) in [6.07, 6.45) is 0.362. The molecule has 58 heavy (non-hydrogen) atoms. The first-order valence-corrected chi connectivity index (χ1v) is 20.3. The molecule has 13 nitrogen and oxygen atoms in total. The highest BCUT2D eigenvalue weighted by Crippen LogP contribution is 2.39. The molecule has 2 saturated heterocycles. The van der Waals surface area contributed by atoms with Crippen LogP contribution in [0.2, 0.25) is 0 Å². The number of amides is 4. The zero-order valence-corrected chi connectivity index (χ0v) is 34.6. The number of carbonyl (C=O) groups is 4. The Kier molecular flexibility index (Phi) is 11.5. The number of methoxy groups -OCH3 is 2. The minimum atomic E-state index is -0.702. The molecule has 7 rings (SSSR count). The van der Waals surface area contributed by atoms with Crippen molar-refractivity contribution in [2.45, 2.75) is 78.6 Å². The lowest BCUT2D eigenvalue weighted by atomic mass is 9.99. The fourth-order valence-electron chi connectivity index (χ4n) is 8.62. The van der Waals surface area contributed by atoms with Gasteiger partial charge in [-0.3, -0.25) is 9.59 Å². The number of nitrogens with zero attached hydrogens (tertiary/aromatic N) is 3. The predicted molar refractivity (Wildman–Crippen MR) is 224 cm³/mol. The Morgan fingerprint density at radius 3 is 1.67 bits per heavy atom. The number of benzene rings is 3. The highest BCUT2D eigenvalue weighted by Gasteiger charge is 2.41. The monoisotopic (exact) mass is 789 g/mol. The second-order valence-corrected chi connectivity index (χ2v) is 16.9. The molecule has 2 aromatic heterocycles. The molecular formula is C45H55N7O6. The molecule has 6 atom stereocenters. The Hall–Kier alpha value is -5.85. The molecule has 4 N–H and O–H groups in total. The fraction of sp³-hybridized carbons (Fsp3) is 0.444. The second-order valence-electron chi connectivity index (χ2n) is 16.9. The van der Waals surface area contributed by atoms with E-state index in [1.165, 1.54) is 14.2 Å². The van der Waals surface area contributed by atoms with Gasteiger partial charge in [0.2, 0.25) is 11.8 Å². The maximum atomic E-state index is 13.8. The van der Waals surface area contributed by atoms with Gasteiger partial charge in [-0.2, -0.15) is 0 Å². The molecule has 5 aromatic rings. The standard InChI is InChI=1S/C45H55N7O6/c1-24(2)39(49-44(55)57-7)42(53)51-22-26(5)17-37(51)36-21-32-14-13-30(19-34(32)46-36)28-9-11-29(12-10-28)31-15-16-33-35(20-31)48-41(47-33)38-18-27(6)23-52(38)43(54)40(25(3)4)50-45(56)58-8/h9-16,19-21,24-27,37-40,46H,17-18,22-23H2,1-8H3,(H,47,48)(H,49,55)(H,50,56). The molecule has 306 valence electrons. The average molecular weight is 790 g/mol. The van der Waals surface area contributed by atoms with Gasteiger partial charge in [-0.1, -0.05) is 84.0 Å². The molecule has 2 aliphatic heterocycles. The summed E-state index contributed by atoms with van der Waals surface area (Å²) in [5.74, 6) is 0.875. The van der Waals surface area contributed by atoms with Crippen LogP contribution in [0.3, 0.4) is 0 Å². The fourth-order valence-corrected chi connectivity index (χ4v) is 8.62. The topological polar surface area (TPSA) is 162 Å². The first kappa shape index (κ1) is 40.4. The van der Waals surface area contributed by atoms with Crippen LogP contribution in [0.1, 0.15) is 78.0 Å². The third kappa shape index (κ3) is 8.12. The van der Waals surface area contributed by atoms with Crippen LogP contribution in [0.25, 0.3) is 44.2 Å². The van der Waals surface area contributed by atoms with Crippen molar-refractivity contribution in [3.63, 3.8) is 0 Å². The van der Waals surface area contributed by atoms with E-state index in [0.29, 0.717) is 19.0 Å². The quantitative estimate of drug-likeness (QED) is 0.112. The maximum Gasteiger partial charge on any atom is 0.407 e. The molecule has 0 radical (unpaired) electrons. The van der Waals surface area contributed by atoms with Gasteiger partial charge in [0.05, 0.1) is 37.3 Å². The summed E-state index contributed by atoms with van der Waals surface area (Å²) in [5, 5.41) is 6.53. The first-order valence-electron chi connectivity index (χ1n) is 20.3. The zero-order chi connectivity index (χ0) is 41.4. The minimum Gasteiger partial charge on any atom is -0.453 e. The lowest BCUT2D eigenvalue weighted by molar-refractivity contribution is -0.136. The molecule has 0 saturated carbocycles. The summed E-state index contributed by atoms with van der Waals surface area (Å²) in [4.78, 5) is 67.5. The molecular weight excluding hydrogens is 735 g/mol. The number of hydrogen-bond acceptors (Lipinski definition) is 7. The van der Waals surface area contributed by atoms with Crippen molar-refractivity contribution >= 4 is 45.9 Å². The smallest absolute Gasteiger partial charge is 0.407 e. The number of aromatic nitrogens is 3. The van der Waals surface area contributed by atoms with Crippen LogP contribution in [-0.2, 0) is 19.1 Å². The van der Waals surface area contributed by atoms with Gasteiger partial charge in [0.1, 0.15) is 17.9 Å². The highest BCUT2D eigenvalue weighted by atomic mass is 16.5. The van der Waals surface area contributed by atoms with E-state index < -0.39 is 24.3 Å². The SMILES string of the molecule is COC(=O)NC(C(=O)N1CC(C)CC1c1cc2ccc(-c3ccc(-c4ccc5nc(C6CC(C)CN6C(=O)C(NC(=O)OC)C(C)C)[nH]c5c4)cc3)cc2[nH]1)C(C)C. The number of carbonyl (C=O) groups excluding carboxylic acids is 4. The van der Waals surface area contributed by atoms with Crippen molar-refractivity contribution in [2.75, 3.05) is 27.3 Å². The number of alkyl carbamates (subject to hydrolysis) is 2. The van der Waals surface area contributed by atoms with Crippen LogP contribution >= 0.6 is 0 Å². The van der Waals surface area contributed by atoms with Crippen LogP contribution in [0.4, 0.5) is 9.59 Å². The number of likely N-dealkylation sites (tertiary alicyclic amines) is 2. The number of fused-ring (bicyclic) bond motifs is 2. The van der Waals surface area contributed by atoms with Gasteiger partial charge in [-0.05, 0) is 88.4 Å². The van der Waals surface area contributed by atoms with E-state index in [9.17, 15) is 19.2 Å². The van der Waals surface area contributed by atoms with E-state index in [2.05, 4.69) is 95.1 Å². The van der Waals surface area contributed by atoms with E-state index in [4.69, 9.17) is 14.5 Å². The van der Waals surface area contributed by atoms with Crippen molar-refractivity contribution in [2.24, 2.45) is 23.7 Å². The molecule has 4 heterocycles. The van der Waals surface area contributed by atoms with Crippen LogP contribution in [-0.4, -0.2) is 88.1 Å². The molecule has 2 aliphatic rings. The van der Waals surface area contributed by atoms with Crippen molar-refractivity contribution in [3.05, 3.63) is 78.2 Å².